The Bertz CT molecular complexity index is 1040. The normalized spacial score (nSPS) is 10.4. The second kappa shape index (κ2) is 9.79. The Morgan fingerprint density at radius 1 is 1.27 bits per heavy atom. The summed E-state index contributed by atoms with van der Waals surface area (Å²) in [5, 5.41) is 7.42. The number of rotatable bonds is 7. The van der Waals surface area contributed by atoms with Crippen LogP contribution in [0.2, 0.25) is 0 Å². The van der Waals surface area contributed by atoms with E-state index in [0.29, 0.717) is 22.0 Å². The molecule has 3 aromatic rings. The number of hydrogen-bond donors (Lipinski definition) is 2. The summed E-state index contributed by atoms with van der Waals surface area (Å²) in [6.07, 6.45) is 1.55. The van der Waals surface area contributed by atoms with Crippen LogP contribution in [0.3, 0.4) is 0 Å². The highest BCUT2D eigenvalue weighted by Crippen LogP contribution is 2.19. The molecular formula is C20H20FN5O3S. The van der Waals surface area contributed by atoms with Crippen molar-refractivity contribution >= 4 is 28.4 Å². The van der Waals surface area contributed by atoms with Crippen molar-refractivity contribution in [3.05, 3.63) is 70.6 Å². The molecule has 0 aliphatic rings. The van der Waals surface area contributed by atoms with E-state index in [0.717, 1.165) is 0 Å². The van der Waals surface area contributed by atoms with E-state index in [1.165, 1.54) is 35.5 Å². The van der Waals surface area contributed by atoms with Gasteiger partial charge in [0.2, 0.25) is 5.88 Å². The van der Waals surface area contributed by atoms with Gasteiger partial charge < -0.3 is 15.0 Å². The van der Waals surface area contributed by atoms with E-state index in [4.69, 9.17) is 4.74 Å². The molecule has 2 N–H and O–H groups in total. The molecule has 1 aromatic carbocycles. The number of halogens is 1. The maximum absolute atomic E-state index is 13.2. The van der Waals surface area contributed by atoms with Gasteiger partial charge in [0.1, 0.15) is 11.4 Å². The van der Waals surface area contributed by atoms with Gasteiger partial charge in [-0.1, -0.05) is 12.1 Å². The average molecular weight is 429 g/mol. The molecule has 0 saturated heterocycles. The Morgan fingerprint density at radius 3 is 2.87 bits per heavy atom. The summed E-state index contributed by atoms with van der Waals surface area (Å²) in [5.41, 5.74) is 1.63. The number of pyridine rings is 1. The van der Waals surface area contributed by atoms with Crippen LogP contribution in [0.25, 0.3) is 0 Å². The smallest absolute Gasteiger partial charge is 0.321 e. The molecule has 0 aliphatic carbocycles. The molecule has 0 saturated carbocycles. The van der Waals surface area contributed by atoms with Crippen LogP contribution in [0, 0.1) is 5.82 Å². The van der Waals surface area contributed by atoms with Gasteiger partial charge in [-0.05, 0) is 29.8 Å². The lowest BCUT2D eigenvalue weighted by Gasteiger charge is -2.17. The van der Waals surface area contributed by atoms with Gasteiger partial charge in [-0.15, -0.1) is 11.3 Å². The third-order valence-corrected chi connectivity index (χ3v) is 4.86. The van der Waals surface area contributed by atoms with E-state index < -0.39 is 6.03 Å². The van der Waals surface area contributed by atoms with Crippen LogP contribution >= 0.6 is 11.3 Å². The summed E-state index contributed by atoms with van der Waals surface area (Å²) < 4.78 is 18.3. The largest absolute Gasteiger partial charge is 0.480 e. The van der Waals surface area contributed by atoms with E-state index in [9.17, 15) is 14.0 Å². The zero-order valence-corrected chi connectivity index (χ0v) is 17.2. The topological polar surface area (TPSA) is 96.5 Å². The number of nitrogens with one attached hydrogen (secondary N) is 2. The Kier molecular flexibility index (Phi) is 6.91. The standard InChI is InChI=1S/C20H20FN5O3S/c1-26(18(27)16-7-4-8-22-17(16)29-2)11-15-12-30-20(24-15)25-19(28)23-10-13-5-3-6-14(21)9-13/h3-9,12H,10-11H2,1-2H3,(H2,23,24,25,28). The fourth-order valence-corrected chi connectivity index (χ4v) is 3.34. The SMILES string of the molecule is COc1ncccc1C(=O)N(C)Cc1csc(NC(=O)NCc2cccc(F)c2)n1. The molecule has 0 aliphatic heterocycles. The van der Waals surface area contributed by atoms with Crippen molar-refractivity contribution in [3.63, 3.8) is 0 Å². The first kappa shape index (κ1) is 21.2. The van der Waals surface area contributed by atoms with Gasteiger partial charge >= 0.3 is 6.03 Å². The fourth-order valence-electron chi connectivity index (χ4n) is 2.64. The number of methoxy groups -OCH3 is 1. The lowest BCUT2D eigenvalue weighted by Crippen LogP contribution is -2.28. The van der Waals surface area contributed by atoms with E-state index in [1.807, 2.05) is 0 Å². The minimum atomic E-state index is -0.454. The first-order valence-electron chi connectivity index (χ1n) is 8.94. The third kappa shape index (κ3) is 5.51. The summed E-state index contributed by atoms with van der Waals surface area (Å²) in [6.45, 7) is 0.436. The number of carbonyl (C=O) groups is 2. The van der Waals surface area contributed by atoms with Crippen LogP contribution in [-0.4, -0.2) is 41.0 Å². The average Bonchev–Trinajstić information content (AvgIpc) is 3.18. The number of carbonyl (C=O) groups excluding carboxylic acids is 2. The molecule has 3 amide bonds. The molecule has 30 heavy (non-hydrogen) atoms. The summed E-state index contributed by atoms with van der Waals surface area (Å²) in [4.78, 5) is 34.5. The van der Waals surface area contributed by atoms with Gasteiger partial charge in [0.25, 0.3) is 5.91 Å². The second-order valence-electron chi connectivity index (χ2n) is 6.30. The lowest BCUT2D eigenvalue weighted by molar-refractivity contribution is 0.0779. The van der Waals surface area contributed by atoms with Crippen LogP contribution in [0.15, 0.2) is 48.0 Å². The molecule has 156 valence electrons. The first-order chi connectivity index (χ1) is 14.5. The van der Waals surface area contributed by atoms with Gasteiger partial charge in [-0.25, -0.2) is 19.2 Å². The van der Waals surface area contributed by atoms with Crippen LogP contribution in [0.5, 0.6) is 5.88 Å². The highest BCUT2D eigenvalue weighted by Gasteiger charge is 2.18. The highest BCUT2D eigenvalue weighted by molar-refractivity contribution is 7.13. The van der Waals surface area contributed by atoms with Crippen LogP contribution in [0.1, 0.15) is 21.6 Å². The van der Waals surface area contributed by atoms with Gasteiger partial charge in [0, 0.05) is 25.2 Å². The summed E-state index contributed by atoms with van der Waals surface area (Å²) in [5.74, 6) is -0.359. The Labute approximate surface area is 176 Å². The predicted octanol–water partition coefficient (Wildman–Crippen LogP) is 3.28. The van der Waals surface area contributed by atoms with Gasteiger partial charge in [-0.2, -0.15) is 0 Å². The molecule has 10 heteroatoms. The monoisotopic (exact) mass is 429 g/mol. The predicted molar refractivity (Wildman–Crippen MR) is 111 cm³/mol. The van der Waals surface area contributed by atoms with Crippen molar-refractivity contribution in [1.29, 1.82) is 0 Å². The van der Waals surface area contributed by atoms with Crippen molar-refractivity contribution in [2.75, 3.05) is 19.5 Å². The van der Waals surface area contributed by atoms with Crippen LogP contribution in [0.4, 0.5) is 14.3 Å². The zero-order chi connectivity index (χ0) is 21.5. The van der Waals surface area contributed by atoms with E-state index in [-0.39, 0.29) is 30.7 Å². The molecule has 0 fully saturated rings. The molecule has 0 bridgehead atoms. The summed E-state index contributed by atoms with van der Waals surface area (Å²) in [7, 11) is 3.10. The number of amides is 3. The fraction of sp³-hybridized carbons (Fsp3) is 0.200. The number of aromatic nitrogens is 2. The van der Waals surface area contributed by atoms with Crippen LogP contribution < -0.4 is 15.4 Å². The van der Waals surface area contributed by atoms with Crippen molar-refractivity contribution in [1.82, 2.24) is 20.2 Å². The van der Waals surface area contributed by atoms with Crippen molar-refractivity contribution in [2.24, 2.45) is 0 Å². The number of anilines is 1. The van der Waals surface area contributed by atoms with Crippen molar-refractivity contribution < 1.29 is 18.7 Å². The molecule has 0 atom stereocenters. The number of nitrogens with zero attached hydrogens (tertiary/aromatic N) is 3. The van der Waals surface area contributed by atoms with Gasteiger partial charge in [0.05, 0.1) is 19.3 Å². The van der Waals surface area contributed by atoms with Crippen molar-refractivity contribution in [2.45, 2.75) is 13.1 Å². The Balaban J connectivity index is 1.54. The minimum absolute atomic E-state index is 0.187. The summed E-state index contributed by atoms with van der Waals surface area (Å²) >= 11 is 1.24. The van der Waals surface area contributed by atoms with Gasteiger partial charge in [-0.3, -0.25) is 10.1 Å². The molecule has 3 rings (SSSR count). The maximum atomic E-state index is 13.2. The molecule has 0 spiro atoms. The zero-order valence-electron chi connectivity index (χ0n) is 16.4. The lowest BCUT2D eigenvalue weighted by atomic mass is 10.2. The quantitative estimate of drug-likeness (QED) is 0.601. The number of benzene rings is 1. The molecule has 2 heterocycles. The molecule has 0 radical (unpaired) electrons. The van der Waals surface area contributed by atoms with Crippen LogP contribution in [-0.2, 0) is 13.1 Å². The molecule has 2 aromatic heterocycles. The van der Waals surface area contributed by atoms with E-state index in [1.54, 1.807) is 42.9 Å². The second-order valence-corrected chi connectivity index (χ2v) is 7.16. The number of hydrogen-bond acceptors (Lipinski definition) is 6. The number of thiazole rings is 1. The number of urea groups is 1. The molecule has 8 nitrogen and oxygen atoms in total. The van der Waals surface area contributed by atoms with Gasteiger partial charge in [0.15, 0.2) is 5.13 Å². The van der Waals surface area contributed by atoms with E-state index in [2.05, 4.69) is 20.6 Å². The molecule has 0 unspecified atom stereocenters. The molecular weight excluding hydrogens is 409 g/mol. The highest BCUT2D eigenvalue weighted by atomic mass is 32.1. The first-order valence-corrected chi connectivity index (χ1v) is 9.82. The number of ether oxygens (including phenoxy) is 1. The minimum Gasteiger partial charge on any atom is -0.480 e. The summed E-state index contributed by atoms with van der Waals surface area (Å²) in [6, 6.07) is 8.84. The Morgan fingerprint density at radius 2 is 2.10 bits per heavy atom. The maximum Gasteiger partial charge on any atom is 0.321 e. The van der Waals surface area contributed by atoms with Crippen molar-refractivity contribution in [3.8, 4) is 5.88 Å². The van der Waals surface area contributed by atoms with E-state index >= 15 is 0 Å². The Hall–Kier alpha value is -3.53. The third-order valence-electron chi connectivity index (χ3n) is 4.06.